The Morgan fingerprint density at radius 3 is 2.53 bits per heavy atom. The molecule has 3 fully saturated rings. The number of hydrogen-bond donors (Lipinski definition) is 4. The molecule has 2 bridgehead atoms. The summed E-state index contributed by atoms with van der Waals surface area (Å²) >= 11 is 0. The van der Waals surface area contributed by atoms with E-state index in [1.54, 1.807) is 13.1 Å². The summed E-state index contributed by atoms with van der Waals surface area (Å²) in [5.41, 5.74) is 6.81. The van der Waals surface area contributed by atoms with E-state index in [0.29, 0.717) is 0 Å². The number of pyridine rings is 1. The lowest BCUT2D eigenvalue weighted by Crippen LogP contribution is -2.60. The number of nitrogens with zero attached hydrogens (tertiary/aromatic N) is 4. The van der Waals surface area contributed by atoms with Crippen molar-refractivity contribution in [2.24, 2.45) is 5.41 Å². The number of anilines is 2. The van der Waals surface area contributed by atoms with Crippen LogP contribution in [0.5, 0.6) is 0 Å². The molecule has 9 heteroatoms. The van der Waals surface area contributed by atoms with Crippen molar-refractivity contribution in [1.82, 2.24) is 25.4 Å². The molecule has 3 saturated carbocycles. The zero-order valence-electron chi connectivity index (χ0n) is 23.3. The van der Waals surface area contributed by atoms with Gasteiger partial charge in [0.1, 0.15) is 11.9 Å². The van der Waals surface area contributed by atoms with Gasteiger partial charge in [-0.05, 0) is 70.9 Å². The minimum absolute atomic E-state index is 0.0376. The summed E-state index contributed by atoms with van der Waals surface area (Å²) in [6, 6.07) is 1.75. The molecular weight excluding hydrogens is 476 g/mol. The topological polar surface area (TPSA) is 111 Å². The van der Waals surface area contributed by atoms with Crippen LogP contribution >= 0.6 is 0 Å². The molecule has 0 unspecified atom stereocenters. The van der Waals surface area contributed by atoms with Gasteiger partial charge >= 0.3 is 0 Å². The fraction of sp³-hybridized carbons (Fsp3) is 0.586. The Kier molecular flexibility index (Phi) is 7.07. The zero-order chi connectivity index (χ0) is 27.1. The van der Waals surface area contributed by atoms with Gasteiger partial charge < -0.3 is 26.3 Å². The van der Waals surface area contributed by atoms with Crippen molar-refractivity contribution in [3.8, 4) is 0 Å². The number of aromatic nitrogens is 3. The first-order valence-electron chi connectivity index (χ1n) is 13.9. The fourth-order valence-electron chi connectivity index (χ4n) is 6.96. The number of amides is 1. The van der Waals surface area contributed by atoms with Crippen molar-refractivity contribution in [2.75, 3.05) is 30.9 Å². The zero-order valence-corrected chi connectivity index (χ0v) is 23.3. The van der Waals surface area contributed by atoms with Crippen molar-refractivity contribution in [2.45, 2.75) is 83.5 Å². The van der Waals surface area contributed by atoms with Crippen molar-refractivity contribution < 1.29 is 4.79 Å². The highest BCUT2D eigenvalue weighted by atomic mass is 16.2. The predicted molar refractivity (Wildman–Crippen MR) is 152 cm³/mol. The van der Waals surface area contributed by atoms with Gasteiger partial charge in [0.2, 0.25) is 5.91 Å². The van der Waals surface area contributed by atoms with Crippen LogP contribution in [0.25, 0.3) is 0 Å². The summed E-state index contributed by atoms with van der Waals surface area (Å²) in [7, 11) is 3.65. The van der Waals surface area contributed by atoms with Crippen LogP contribution in [0.3, 0.4) is 0 Å². The summed E-state index contributed by atoms with van der Waals surface area (Å²) in [6.45, 7) is 10.6. The van der Waals surface area contributed by atoms with Gasteiger partial charge in [0, 0.05) is 61.8 Å². The highest BCUT2D eigenvalue weighted by Gasteiger charge is 2.50. The summed E-state index contributed by atoms with van der Waals surface area (Å²) in [4.78, 5) is 19.7. The summed E-state index contributed by atoms with van der Waals surface area (Å²) in [5, 5.41) is 22.6. The number of rotatable bonds is 9. The average Bonchev–Trinajstić information content (AvgIpc) is 3.23. The molecule has 0 saturated heterocycles. The molecule has 3 aliphatic carbocycles. The van der Waals surface area contributed by atoms with E-state index in [9.17, 15) is 4.79 Å². The van der Waals surface area contributed by atoms with E-state index in [0.717, 1.165) is 93.0 Å². The molecule has 3 heterocycles. The Morgan fingerprint density at radius 2 is 1.92 bits per heavy atom. The number of carbonyl (C=O) groups excluding carboxylic acids is 1. The van der Waals surface area contributed by atoms with E-state index in [1.807, 2.05) is 14.0 Å². The van der Waals surface area contributed by atoms with Crippen molar-refractivity contribution in [3.63, 3.8) is 0 Å². The summed E-state index contributed by atoms with van der Waals surface area (Å²) in [6.07, 6.45) is 10.5. The monoisotopic (exact) mass is 518 g/mol. The second-order valence-corrected chi connectivity index (χ2v) is 11.6. The molecule has 4 N–H and O–H groups in total. The van der Waals surface area contributed by atoms with Crippen molar-refractivity contribution >= 4 is 23.6 Å². The smallest absolute Gasteiger partial charge is 0.241 e. The lowest BCUT2D eigenvalue weighted by molar-refractivity contribution is -0.126. The summed E-state index contributed by atoms with van der Waals surface area (Å²) < 4.78 is 2.31. The van der Waals surface area contributed by atoms with Crippen LogP contribution in [0.2, 0.25) is 0 Å². The van der Waals surface area contributed by atoms with Gasteiger partial charge in [-0.15, -0.1) is 6.58 Å². The molecule has 0 spiro atoms. The van der Waals surface area contributed by atoms with Crippen LogP contribution in [0.1, 0.15) is 66.7 Å². The average molecular weight is 519 g/mol. The molecule has 204 valence electrons. The molecule has 2 aromatic rings. The molecule has 1 atom stereocenters. The van der Waals surface area contributed by atoms with Gasteiger partial charge in [0.25, 0.3) is 0 Å². The van der Waals surface area contributed by atoms with Gasteiger partial charge in [-0.3, -0.25) is 9.48 Å². The fourth-order valence-corrected chi connectivity index (χ4v) is 6.96. The maximum absolute atomic E-state index is 12.7. The third-order valence-electron chi connectivity index (χ3n) is 9.33. The van der Waals surface area contributed by atoms with Gasteiger partial charge in [0.15, 0.2) is 0 Å². The molecular formula is C29H42N8O. The lowest BCUT2D eigenvalue weighted by Gasteiger charge is -2.54. The van der Waals surface area contributed by atoms with E-state index in [-0.39, 0.29) is 22.9 Å². The van der Waals surface area contributed by atoms with E-state index >= 15 is 0 Å². The first-order chi connectivity index (χ1) is 18.3. The van der Waals surface area contributed by atoms with Gasteiger partial charge in [-0.2, -0.15) is 5.10 Å². The number of nitrogens with one attached hydrogen (secondary N) is 4. The predicted octanol–water partition coefficient (Wildman–Crippen LogP) is 3.48. The number of likely N-dealkylation sites (N-methyl/N-ethyl adjacent to an activating group) is 1. The first kappa shape index (κ1) is 26.4. The van der Waals surface area contributed by atoms with E-state index < -0.39 is 0 Å². The van der Waals surface area contributed by atoms with Crippen molar-refractivity contribution in [3.05, 3.63) is 46.9 Å². The molecule has 1 aliphatic heterocycles. The number of fused-ring (bicyclic) bond motifs is 4. The van der Waals surface area contributed by atoms with E-state index in [4.69, 9.17) is 10.5 Å². The van der Waals surface area contributed by atoms with Crippen LogP contribution in [-0.4, -0.2) is 59.1 Å². The largest absolute Gasteiger partial charge is 0.373 e. The minimum Gasteiger partial charge on any atom is -0.373 e. The van der Waals surface area contributed by atoms with Crippen LogP contribution in [0.4, 0.5) is 11.5 Å². The quantitative estimate of drug-likeness (QED) is 0.299. The maximum Gasteiger partial charge on any atom is 0.241 e. The summed E-state index contributed by atoms with van der Waals surface area (Å²) in [5.74, 6) is 0.788. The Bertz CT molecular complexity index is 1220. The van der Waals surface area contributed by atoms with Crippen molar-refractivity contribution in [1.29, 1.82) is 5.41 Å². The van der Waals surface area contributed by atoms with E-state index in [2.05, 4.69) is 50.1 Å². The number of aryl methyl sites for hydroxylation is 2. The highest BCUT2D eigenvalue weighted by Crippen LogP contribution is 2.53. The number of hydrogen-bond acceptors (Lipinski definition) is 7. The molecule has 9 nitrogen and oxygen atoms in total. The standard InChI is InChI=1S/C29H42N8O/c1-6-23(31-4)27(38)34-29-11-8-28(9-12-29,10-13-29)18-37-24-7-14-36(17-22(24)20(3)35-37)25-15-19(2)33-26(32-5)21(25)16-30/h6,15-16,23,30-31H,1,7-14,17-18H2,2-5H3,(H,32,33)(H,34,38)/t23-,28?,29?/m1/s1. The highest BCUT2D eigenvalue weighted by molar-refractivity contribution is 5.92. The Hall–Kier alpha value is -3.20. The Balaban J connectivity index is 1.31. The van der Waals surface area contributed by atoms with Gasteiger partial charge in [-0.25, -0.2) is 4.98 Å². The van der Waals surface area contributed by atoms with Crippen LogP contribution in [0, 0.1) is 24.7 Å². The SMILES string of the molecule is C=C[C@@H](NC)C(=O)NC12CCC(Cn3nc(C)c4c3CCN(c3cc(C)nc(NC)c3C=N)C4)(CC1)CC2. The Labute approximate surface area is 226 Å². The van der Waals surface area contributed by atoms with Crippen LogP contribution < -0.4 is 20.9 Å². The van der Waals surface area contributed by atoms with Gasteiger partial charge in [-0.1, -0.05) is 6.08 Å². The first-order valence-corrected chi connectivity index (χ1v) is 13.9. The minimum atomic E-state index is -0.341. The van der Waals surface area contributed by atoms with Gasteiger partial charge in [0.05, 0.1) is 16.9 Å². The maximum atomic E-state index is 12.7. The van der Waals surface area contributed by atoms with Crippen LogP contribution in [0.15, 0.2) is 18.7 Å². The van der Waals surface area contributed by atoms with E-state index in [1.165, 1.54) is 17.5 Å². The second kappa shape index (κ2) is 10.2. The molecule has 1 amide bonds. The number of carbonyl (C=O) groups is 1. The molecule has 4 aliphatic rings. The lowest BCUT2D eigenvalue weighted by atomic mass is 9.57. The third-order valence-corrected chi connectivity index (χ3v) is 9.33. The Morgan fingerprint density at radius 1 is 1.21 bits per heavy atom. The second-order valence-electron chi connectivity index (χ2n) is 11.6. The molecule has 6 rings (SSSR count). The van der Waals surface area contributed by atoms with Crippen LogP contribution in [-0.2, 0) is 24.3 Å². The molecule has 0 radical (unpaired) electrons. The molecule has 0 aromatic carbocycles. The molecule has 38 heavy (non-hydrogen) atoms. The normalized spacial score (nSPS) is 25.0. The third kappa shape index (κ3) is 4.61. The molecule has 2 aromatic heterocycles.